The van der Waals surface area contributed by atoms with Gasteiger partial charge in [-0.25, -0.2) is 0 Å². The predicted molar refractivity (Wildman–Crippen MR) is 105 cm³/mol. The van der Waals surface area contributed by atoms with E-state index in [2.05, 4.69) is 81.0 Å². The minimum absolute atomic E-state index is 0.117. The molecular formula is C22H35N. The Morgan fingerprint density at radius 1 is 0.957 bits per heavy atom. The van der Waals surface area contributed by atoms with Crippen LogP contribution < -0.4 is 0 Å². The monoisotopic (exact) mass is 313 g/mol. The topological polar surface area (TPSA) is 12.4 Å². The second kappa shape index (κ2) is 7.03. The van der Waals surface area contributed by atoms with E-state index >= 15 is 0 Å². The molecule has 0 radical (unpaired) electrons. The number of hydrogen-bond acceptors (Lipinski definition) is 1. The zero-order chi connectivity index (χ0) is 18.0. The molecule has 1 heteroatoms. The highest BCUT2D eigenvalue weighted by Crippen LogP contribution is 2.36. The highest BCUT2D eigenvalue weighted by atomic mass is 14.7. The standard InChI is InChI=1S/C22H35N/c1-11-15(3)23-16(4)18-14-20(22(8,9)10)19(21(5,6)7)13-17(18)12-2/h13-14H,3,11-12H2,1-2,4-10H3. The number of aryl methyl sites for hydroxylation is 1. The molecule has 0 saturated heterocycles. The van der Waals surface area contributed by atoms with Crippen molar-refractivity contribution in [1.82, 2.24) is 0 Å². The van der Waals surface area contributed by atoms with Gasteiger partial charge >= 0.3 is 0 Å². The molecule has 0 heterocycles. The van der Waals surface area contributed by atoms with E-state index in [4.69, 9.17) is 4.99 Å². The van der Waals surface area contributed by atoms with E-state index in [0.717, 1.165) is 24.3 Å². The number of allylic oxidation sites excluding steroid dienone is 1. The van der Waals surface area contributed by atoms with Crippen molar-refractivity contribution in [2.75, 3.05) is 0 Å². The van der Waals surface area contributed by atoms with E-state index in [1.807, 2.05) is 0 Å². The van der Waals surface area contributed by atoms with Crippen LogP contribution in [0.1, 0.15) is 91.0 Å². The van der Waals surface area contributed by atoms with Crippen LogP contribution in [-0.2, 0) is 17.3 Å². The van der Waals surface area contributed by atoms with Crippen molar-refractivity contribution in [1.29, 1.82) is 0 Å². The molecule has 0 aliphatic rings. The van der Waals surface area contributed by atoms with Crippen molar-refractivity contribution in [2.45, 2.75) is 86.0 Å². The molecule has 0 spiro atoms. The quantitative estimate of drug-likeness (QED) is 0.557. The first kappa shape index (κ1) is 19.7. The van der Waals surface area contributed by atoms with E-state index in [0.29, 0.717) is 0 Å². The van der Waals surface area contributed by atoms with E-state index in [-0.39, 0.29) is 10.8 Å². The average Bonchev–Trinajstić information content (AvgIpc) is 2.43. The van der Waals surface area contributed by atoms with Gasteiger partial charge in [0.15, 0.2) is 0 Å². The second-order valence-corrected chi connectivity index (χ2v) is 8.53. The SMILES string of the molecule is C=C(CC)N=C(C)c1cc(C(C)(C)C)c(C(C)(C)C)cc1CC. The molecule has 23 heavy (non-hydrogen) atoms. The Morgan fingerprint density at radius 2 is 1.43 bits per heavy atom. The summed E-state index contributed by atoms with van der Waals surface area (Å²) in [6.07, 6.45) is 1.92. The molecule has 0 unspecified atom stereocenters. The van der Waals surface area contributed by atoms with Crippen molar-refractivity contribution in [3.63, 3.8) is 0 Å². The maximum atomic E-state index is 4.71. The fourth-order valence-electron chi connectivity index (χ4n) is 2.89. The number of benzene rings is 1. The summed E-state index contributed by atoms with van der Waals surface area (Å²) >= 11 is 0. The van der Waals surface area contributed by atoms with Crippen LogP contribution >= 0.6 is 0 Å². The minimum Gasteiger partial charge on any atom is -0.258 e. The lowest BCUT2D eigenvalue weighted by Gasteiger charge is -2.32. The molecule has 0 bridgehead atoms. The van der Waals surface area contributed by atoms with Crippen LogP contribution in [-0.4, -0.2) is 5.71 Å². The van der Waals surface area contributed by atoms with Crippen molar-refractivity contribution < 1.29 is 0 Å². The van der Waals surface area contributed by atoms with E-state index < -0.39 is 0 Å². The number of rotatable bonds is 4. The van der Waals surface area contributed by atoms with Gasteiger partial charge in [-0.1, -0.05) is 68.0 Å². The highest BCUT2D eigenvalue weighted by molar-refractivity contribution is 6.01. The Labute approximate surface area is 143 Å². The van der Waals surface area contributed by atoms with Gasteiger partial charge in [0, 0.05) is 11.4 Å². The smallest absolute Gasteiger partial charge is 0.0450 e. The van der Waals surface area contributed by atoms with Gasteiger partial charge in [-0.2, -0.15) is 0 Å². The normalized spacial score (nSPS) is 13.3. The first-order valence-corrected chi connectivity index (χ1v) is 8.83. The van der Waals surface area contributed by atoms with Gasteiger partial charge in [-0.15, -0.1) is 0 Å². The third kappa shape index (κ3) is 4.80. The predicted octanol–water partition coefficient (Wildman–Crippen LogP) is 6.58. The van der Waals surface area contributed by atoms with Gasteiger partial charge in [-0.3, -0.25) is 4.99 Å². The molecule has 1 nitrogen and oxygen atoms in total. The van der Waals surface area contributed by atoms with Crippen molar-refractivity contribution in [3.05, 3.63) is 46.7 Å². The van der Waals surface area contributed by atoms with Crippen LogP contribution in [0.15, 0.2) is 29.4 Å². The third-order valence-corrected chi connectivity index (χ3v) is 4.36. The summed E-state index contributed by atoms with van der Waals surface area (Å²) in [5.41, 5.74) is 7.82. The van der Waals surface area contributed by atoms with Gasteiger partial charge in [-0.05, 0) is 58.9 Å². The van der Waals surface area contributed by atoms with Crippen molar-refractivity contribution in [2.24, 2.45) is 4.99 Å². The van der Waals surface area contributed by atoms with Gasteiger partial charge < -0.3 is 0 Å². The molecular weight excluding hydrogens is 278 g/mol. The number of nitrogens with zero attached hydrogens (tertiary/aromatic N) is 1. The maximum Gasteiger partial charge on any atom is 0.0450 e. The van der Waals surface area contributed by atoms with Crippen molar-refractivity contribution >= 4 is 5.71 Å². The van der Waals surface area contributed by atoms with Crippen LogP contribution in [0.5, 0.6) is 0 Å². The largest absolute Gasteiger partial charge is 0.258 e. The first-order chi connectivity index (χ1) is 10.4. The molecule has 1 aromatic rings. The maximum absolute atomic E-state index is 4.71. The summed E-state index contributed by atoms with van der Waals surface area (Å²) < 4.78 is 0. The van der Waals surface area contributed by atoms with Gasteiger partial charge in [0.25, 0.3) is 0 Å². The highest BCUT2D eigenvalue weighted by Gasteiger charge is 2.26. The molecule has 1 rings (SSSR count). The molecule has 0 aliphatic carbocycles. The molecule has 0 N–H and O–H groups in total. The molecule has 0 saturated carbocycles. The lowest BCUT2D eigenvalue weighted by molar-refractivity contribution is 0.529. The lowest BCUT2D eigenvalue weighted by atomic mass is 9.73. The van der Waals surface area contributed by atoms with E-state index in [1.165, 1.54) is 22.3 Å². The average molecular weight is 314 g/mol. The Bertz CT molecular complexity index is 604. The van der Waals surface area contributed by atoms with E-state index in [1.54, 1.807) is 0 Å². The fraction of sp³-hybridized carbons (Fsp3) is 0.591. The van der Waals surface area contributed by atoms with Gasteiger partial charge in [0.05, 0.1) is 0 Å². The van der Waals surface area contributed by atoms with Gasteiger partial charge in [0.2, 0.25) is 0 Å². The van der Waals surface area contributed by atoms with Crippen LogP contribution in [0.4, 0.5) is 0 Å². The van der Waals surface area contributed by atoms with Crippen LogP contribution in [0.3, 0.4) is 0 Å². The number of aliphatic imine (C=N–C) groups is 1. The summed E-state index contributed by atoms with van der Waals surface area (Å²) in [4.78, 5) is 4.71. The Hall–Kier alpha value is -1.37. The Kier molecular flexibility index (Phi) is 6.01. The van der Waals surface area contributed by atoms with E-state index in [9.17, 15) is 0 Å². The van der Waals surface area contributed by atoms with Crippen molar-refractivity contribution in [3.8, 4) is 0 Å². The molecule has 0 aromatic heterocycles. The van der Waals surface area contributed by atoms with Crippen LogP contribution in [0, 0.1) is 0 Å². The summed E-state index contributed by atoms with van der Waals surface area (Å²) in [5.74, 6) is 0. The molecule has 1 aromatic carbocycles. The summed E-state index contributed by atoms with van der Waals surface area (Å²) in [6.45, 7) is 24.3. The summed E-state index contributed by atoms with van der Waals surface area (Å²) in [6, 6.07) is 4.78. The molecule has 0 atom stereocenters. The van der Waals surface area contributed by atoms with Crippen LogP contribution in [0.2, 0.25) is 0 Å². The second-order valence-electron chi connectivity index (χ2n) is 8.53. The molecule has 0 aliphatic heterocycles. The Balaban J connectivity index is 3.68. The summed E-state index contributed by atoms with van der Waals surface area (Å²) in [7, 11) is 0. The molecule has 0 amide bonds. The third-order valence-electron chi connectivity index (χ3n) is 4.36. The molecule has 128 valence electrons. The summed E-state index contributed by atoms with van der Waals surface area (Å²) in [5, 5.41) is 0. The number of hydrogen-bond donors (Lipinski definition) is 0. The fourth-order valence-corrected chi connectivity index (χ4v) is 2.89. The Morgan fingerprint density at radius 3 is 1.83 bits per heavy atom. The lowest BCUT2D eigenvalue weighted by Crippen LogP contribution is -2.23. The van der Waals surface area contributed by atoms with Crippen LogP contribution in [0.25, 0.3) is 0 Å². The zero-order valence-corrected chi connectivity index (χ0v) is 16.7. The van der Waals surface area contributed by atoms with Gasteiger partial charge in [0.1, 0.15) is 0 Å². The zero-order valence-electron chi connectivity index (χ0n) is 16.7. The minimum atomic E-state index is 0.117. The first-order valence-electron chi connectivity index (χ1n) is 8.83. The molecule has 0 fully saturated rings.